The maximum Gasteiger partial charge on any atom is 0.264 e. The van der Waals surface area contributed by atoms with Gasteiger partial charge in [-0.2, -0.15) is 0 Å². The molecule has 0 bridgehead atoms. The molecule has 2 N–H and O–H groups in total. The van der Waals surface area contributed by atoms with Crippen LogP contribution in [-0.2, 0) is 4.79 Å². The van der Waals surface area contributed by atoms with Gasteiger partial charge in [0.1, 0.15) is 5.75 Å². The van der Waals surface area contributed by atoms with Crippen LogP contribution >= 0.6 is 0 Å². The minimum atomic E-state index is -0.0210. The number of hydrogen-bond donors (Lipinski definition) is 2. The van der Waals surface area contributed by atoms with Gasteiger partial charge in [-0.05, 0) is 24.7 Å². The summed E-state index contributed by atoms with van der Waals surface area (Å²) in [5.74, 6) is 0.738. The lowest BCUT2D eigenvalue weighted by atomic mass is 10.2. The largest absolute Gasteiger partial charge is 0.482 e. The lowest BCUT2D eigenvalue weighted by Crippen LogP contribution is -2.35. The van der Waals surface area contributed by atoms with E-state index < -0.39 is 0 Å². The second-order valence-electron chi connectivity index (χ2n) is 4.20. The molecule has 5 nitrogen and oxygen atoms in total. The zero-order chi connectivity index (χ0) is 13.0. The standard InChI is InChI=1S/C13H19N3O2/c1-3-14-6-7-15-10-4-5-12-11(8-10)16(2)13(17)9-18-12/h4-5,8,14-15H,3,6-7,9H2,1-2H3. The molecule has 0 fully saturated rings. The number of amides is 1. The van der Waals surface area contributed by atoms with Gasteiger partial charge in [-0.15, -0.1) is 0 Å². The van der Waals surface area contributed by atoms with Crippen molar-refractivity contribution in [2.75, 3.05) is 43.5 Å². The first-order valence-electron chi connectivity index (χ1n) is 6.20. The summed E-state index contributed by atoms with van der Waals surface area (Å²) in [4.78, 5) is 13.2. The van der Waals surface area contributed by atoms with Crippen LogP contribution in [0.5, 0.6) is 5.75 Å². The first kappa shape index (κ1) is 12.7. The highest BCUT2D eigenvalue weighted by molar-refractivity contribution is 5.97. The average molecular weight is 249 g/mol. The van der Waals surface area contributed by atoms with E-state index in [4.69, 9.17) is 4.74 Å². The molecule has 0 aromatic heterocycles. The Morgan fingerprint density at radius 2 is 2.22 bits per heavy atom. The third kappa shape index (κ3) is 2.73. The van der Waals surface area contributed by atoms with Crippen molar-refractivity contribution < 1.29 is 9.53 Å². The van der Waals surface area contributed by atoms with E-state index in [0.717, 1.165) is 36.8 Å². The van der Waals surface area contributed by atoms with E-state index in [-0.39, 0.29) is 12.5 Å². The molecular formula is C13H19N3O2. The molecule has 1 aliphatic heterocycles. The smallest absolute Gasteiger partial charge is 0.264 e. The third-order valence-corrected chi connectivity index (χ3v) is 2.93. The normalized spacial score (nSPS) is 14.1. The van der Waals surface area contributed by atoms with Crippen molar-refractivity contribution in [3.8, 4) is 5.75 Å². The van der Waals surface area contributed by atoms with Crippen LogP contribution in [-0.4, -0.2) is 39.2 Å². The molecule has 0 unspecified atom stereocenters. The number of rotatable bonds is 5. The minimum absolute atomic E-state index is 0.0210. The van der Waals surface area contributed by atoms with Crippen LogP contribution in [0.1, 0.15) is 6.92 Å². The van der Waals surface area contributed by atoms with Crippen molar-refractivity contribution in [2.45, 2.75) is 6.92 Å². The summed E-state index contributed by atoms with van der Waals surface area (Å²) in [7, 11) is 1.77. The molecule has 98 valence electrons. The molecule has 1 aromatic carbocycles. The van der Waals surface area contributed by atoms with Gasteiger partial charge in [-0.25, -0.2) is 0 Å². The fraction of sp³-hybridized carbons (Fsp3) is 0.462. The van der Waals surface area contributed by atoms with E-state index in [9.17, 15) is 4.79 Å². The third-order valence-electron chi connectivity index (χ3n) is 2.93. The summed E-state index contributed by atoms with van der Waals surface area (Å²) < 4.78 is 5.37. The van der Waals surface area contributed by atoms with Gasteiger partial charge in [0.05, 0.1) is 5.69 Å². The van der Waals surface area contributed by atoms with Gasteiger partial charge in [0.15, 0.2) is 6.61 Å². The predicted octanol–water partition coefficient (Wildman–Crippen LogP) is 1.06. The highest BCUT2D eigenvalue weighted by atomic mass is 16.5. The van der Waals surface area contributed by atoms with Crippen molar-refractivity contribution in [1.29, 1.82) is 0 Å². The highest BCUT2D eigenvalue weighted by Gasteiger charge is 2.22. The molecule has 2 rings (SSSR count). The Labute approximate surface area is 107 Å². The van der Waals surface area contributed by atoms with Crippen LogP contribution in [0.4, 0.5) is 11.4 Å². The number of benzene rings is 1. The van der Waals surface area contributed by atoms with Gasteiger partial charge in [-0.3, -0.25) is 4.79 Å². The summed E-state index contributed by atoms with van der Waals surface area (Å²) in [5, 5.41) is 6.55. The van der Waals surface area contributed by atoms with Gasteiger partial charge in [0.2, 0.25) is 0 Å². The van der Waals surface area contributed by atoms with Crippen molar-refractivity contribution in [3.05, 3.63) is 18.2 Å². The van der Waals surface area contributed by atoms with Gasteiger partial charge in [0.25, 0.3) is 5.91 Å². The number of likely N-dealkylation sites (N-methyl/N-ethyl adjacent to an activating group) is 2. The number of ether oxygens (including phenoxy) is 1. The van der Waals surface area contributed by atoms with Crippen LogP contribution in [0.3, 0.4) is 0 Å². The van der Waals surface area contributed by atoms with E-state index in [0.29, 0.717) is 0 Å². The Morgan fingerprint density at radius 1 is 1.39 bits per heavy atom. The SMILES string of the molecule is CCNCCNc1ccc2c(c1)N(C)C(=O)CO2. The topological polar surface area (TPSA) is 53.6 Å². The van der Waals surface area contributed by atoms with E-state index in [1.807, 2.05) is 18.2 Å². The van der Waals surface area contributed by atoms with Crippen molar-refractivity contribution in [2.24, 2.45) is 0 Å². The first-order valence-corrected chi connectivity index (χ1v) is 6.20. The number of hydrogen-bond acceptors (Lipinski definition) is 4. The molecule has 0 saturated heterocycles. The summed E-state index contributed by atoms with van der Waals surface area (Å²) in [6, 6.07) is 5.81. The Hall–Kier alpha value is -1.75. The fourth-order valence-corrected chi connectivity index (χ4v) is 1.85. The number of anilines is 2. The van der Waals surface area contributed by atoms with Crippen LogP contribution in [0.15, 0.2) is 18.2 Å². The van der Waals surface area contributed by atoms with Gasteiger partial charge < -0.3 is 20.3 Å². The Kier molecular flexibility index (Phi) is 4.04. The quantitative estimate of drug-likeness (QED) is 0.766. The molecule has 5 heteroatoms. The number of fused-ring (bicyclic) bond motifs is 1. The number of carbonyl (C=O) groups excluding carboxylic acids is 1. The number of nitrogens with zero attached hydrogens (tertiary/aromatic N) is 1. The molecule has 1 heterocycles. The first-order chi connectivity index (χ1) is 8.72. The molecule has 0 radical (unpaired) electrons. The van der Waals surface area contributed by atoms with E-state index >= 15 is 0 Å². The summed E-state index contributed by atoms with van der Waals surface area (Å²) in [5.41, 5.74) is 1.82. The molecule has 1 amide bonds. The van der Waals surface area contributed by atoms with Gasteiger partial charge in [0, 0.05) is 25.8 Å². The molecular weight excluding hydrogens is 230 g/mol. The van der Waals surface area contributed by atoms with Gasteiger partial charge in [-0.1, -0.05) is 6.92 Å². The highest BCUT2D eigenvalue weighted by Crippen LogP contribution is 2.33. The summed E-state index contributed by atoms with van der Waals surface area (Å²) in [6.07, 6.45) is 0. The second kappa shape index (κ2) is 5.73. The van der Waals surface area contributed by atoms with Crippen molar-refractivity contribution >= 4 is 17.3 Å². The van der Waals surface area contributed by atoms with Gasteiger partial charge >= 0.3 is 0 Å². The average Bonchev–Trinajstić information content (AvgIpc) is 2.39. The summed E-state index contributed by atoms with van der Waals surface area (Å²) >= 11 is 0. The van der Waals surface area contributed by atoms with E-state index in [2.05, 4.69) is 17.6 Å². The lowest BCUT2D eigenvalue weighted by Gasteiger charge is -2.26. The zero-order valence-electron chi connectivity index (χ0n) is 10.8. The Morgan fingerprint density at radius 3 is 3.00 bits per heavy atom. The Balaban J connectivity index is 2.04. The van der Waals surface area contributed by atoms with Crippen LogP contribution in [0, 0.1) is 0 Å². The second-order valence-corrected chi connectivity index (χ2v) is 4.20. The predicted molar refractivity (Wildman–Crippen MR) is 72.4 cm³/mol. The van der Waals surface area contributed by atoms with Crippen LogP contribution < -0.4 is 20.3 Å². The molecule has 0 spiro atoms. The summed E-state index contributed by atoms with van der Waals surface area (Å²) in [6.45, 7) is 4.94. The molecule has 0 atom stereocenters. The minimum Gasteiger partial charge on any atom is -0.482 e. The Bertz CT molecular complexity index is 434. The maximum absolute atomic E-state index is 11.5. The maximum atomic E-state index is 11.5. The van der Waals surface area contributed by atoms with E-state index in [1.54, 1.807) is 11.9 Å². The number of nitrogens with one attached hydrogen (secondary N) is 2. The van der Waals surface area contributed by atoms with E-state index in [1.165, 1.54) is 0 Å². The molecule has 1 aliphatic rings. The fourth-order valence-electron chi connectivity index (χ4n) is 1.85. The molecule has 1 aromatic rings. The van der Waals surface area contributed by atoms with Crippen LogP contribution in [0.2, 0.25) is 0 Å². The monoisotopic (exact) mass is 249 g/mol. The van der Waals surface area contributed by atoms with Crippen molar-refractivity contribution in [3.63, 3.8) is 0 Å². The molecule has 0 aliphatic carbocycles. The lowest BCUT2D eigenvalue weighted by molar-refractivity contribution is -0.120. The molecule has 0 saturated carbocycles. The zero-order valence-corrected chi connectivity index (χ0v) is 10.8. The molecule has 18 heavy (non-hydrogen) atoms. The van der Waals surface area contributed by atoms with Crippen LogP contribution in [0.25, 0.3) is 0 Å². The number of carbonyl (C=O) groups is 1. The van der Waals surface area contributed by atoms with Crippen molar-refractivity contribution in [1.82, 2.24) is 5.32 Å².